The fourth-order valence-electron chi connectivity index (χ4n) is 4.03. The van der Waals surface area contributed by atoms with Crippen molar-refractivity contribution in [3.63, 3.8) is 0 Å². The Labute approximate surface area is 166 Å². The highest BCUT2D eigenvalue weighted by molar-refractivity contribution is 5.96. The minimum absolute atomic E-state index is 0.0478. The Hall–Kier alpha value is -2.12. The zero-order valence-corrected chi connectivity index (χ0v) is 16.4. The Morgan fingerprint density at radius 2 is 2.11 bits per heavy atom. The number of carbonyl (C=O) groups is 2. The highest BCUT2D eigenvalue weighted by Crippen LogP contribution is 2.25. The van der Waals surface area contributed by atoms with Crippen molar-refractivity contribution in [1.29, 1.82) is 0 Å². The molecule has 0 bridgehead atoms. The highest BCUT2D eigenvalue weighted by atomic mass is 16.5. The second-order valence-corrected chi connectivity index (χ2v) is 7.69. The van der Waals surface area contributed by atoms with Gasteiger partial charge >= 0.3 is 0 Å². The second kappa shape index (κ2) is 9.89. The number of para-hydroxylation sites is 1. The SMILES string of the molecule is COCC1CCCN(C(=O)[C@@H]2CO[C@H](CNC(=O)c3ccccc3O)C2)CC1. The lowest BCUT2D eigenvalue weighted by atomic mass is 10.0. The van der Waals surface area contributed by atoms with Gasteiger partial charge in [-0.2, -0.15) is 0 Å². The van der Waals surface area contributed by atoms with Gasteiger partial charge < -0.3 is 24.8 Å². The number of ether oxygens (including phenoxy) is 2. The third-order valence-corrected chi connectivity index (χ3v) is 5.63. The van der Waals surface area contributed by atoms with Crippen LogP contribution < -0.4 is 5.32 Å². The number of carbonyl (C=O) groups excluding carboxylic acids is 2. The first-order valence-corrected chi connectivity index (χ1v) is 10.0. The molecule has 0 aliphatic carbocycles. The summed E-state index contributed by atoms with van der Waals surface area (Å²) in [4.78, 5) is 27.0. The van der Waals surface area contributed by atoms with Gasteiger partial charge in [-0.05, 0) is 43.7 Å². The molecule has 3 rings (SSSR count). The van der Waals surface area contributed by atoms with Crippen LogP contribution in [0.1, 0.15) is 36.0 Å². The molecule has 7 nitrogen and oxygen atoms in total. The number of hydrogen-bond donors (Lipinski definition) is 2. The number of amides is 2. The predicted octanol–water partition coefficient (Wildman–Crippen LogP) is 1.80. The third kappa shape index (κ3) is 5.23. The van der Waals surface area contributed by atoms with E-state index in [1.807, 2.05) is 4.90 Å². The Balaban J connectivity index is 1.45. The van der Waals surface area contributed by atoms with Gasteiger partial charge in [-0.15, -0.1) is 0 Å². The number of aromatic hydroxyl groups is 1. The lowest BCUT2D eigenvalue weighted by Crippen LogP contribution is -2.37. The highest BCUT2D eigenvalue weighted by Gasteiger charge is 2.34. The minimum Gasteiger partial charge on any atom is -0.507 e. The lowest BCUT2D eigenvalue weighted by molar-refractivity contribution is -0.135. The van der Waals surface area contributed by atoms with Gasteiger partial charge in [0.25, 0.3) is 5.91 Å². The van der Waals surface area contributed by atoms with Crippen molar-refractivity contribution < 1.29 is 24.2 Å². The van der Waals surface area contributed by atoms with Crippen molar-refractivity contribution in [3.8, 4) is 5.75 Å². The van der Waals surface area contributed by atoms with Crippen LogP contribution in [-0.2, 0) is 14.3 Å². The zero-order chi connectivity index (χ0) is 19.9. The van der Waals surface area contributed by atoms with E-state index in [4.69, 9.17) is 9.47 Å². The Morgan fingerprint density at radius 1 is 1.29 bits per heavy atom. The molecule has 1 unspecified atom stereocenters. The molecule has 3 atom stereocenters. The quantitative estimate of drug-likeness (QED) is 0.773. The van der Waals surface area contributed by atoms with E-state index in [-0.39, 0.29) is 35.1 Å². The van der Waals surface area contributed by atoms with Crippen LogP contribution >= 0.6 is 0 Å². The third-order valence-electron chi connectivity index (χ3n) is 5.63. The van der Waals surface area contributed by atoms with Crippen LogP contribution in [0, 0.1) is 11.8 Å². The summed E-state index contributed by atoms with van der Waals surface area (Å²) >= 11 is 0. The Morgan fingerprint density at radius 3 is 2.89 bits per heavy atom. The molecule has 2 amide bonds. The summed E-state index contributed by atoms with van der Waals surface area (Å²) < 4.78 is 11.0. The van der Waals surface area contributed by atoms with Crippen LogP contribution in [0.15, 0.2) is 24.3 Å². The normalized spacial score (nSPS) is 25.3. The number of hydrogen-bond acceptors (Lipinski definition) is 5. The summed E-state index contributed by atoms with van der Waals surface area (Å²) in [6.07, 6.45) is 3.51. The fraction of sp³-hybridized carbons (Fsp3) is 0.619. The van der Waals surface area contributed by atoms with Crippen LogP contribution in [0.3, 0.4) is 0 Å². The number of benzene rings is 1. The predicted molar refractivity (Wildman–Crippen MR) is 104 cm³/mol. The maximum Gasteiger partial charge on any atom is 0.255 e. The molecular weight excluding hydrogens is 360 g/mol. The summed E-state index contributed by atoms with van der Waals surface area (Å²) in [7, 11) is 1.72. The first-order valence-electron chi connectivity index (χ1n) is 10.0. The molecular formula is C21H30N2O5. The van der Waals surface area contributed by atoms with Gasteiger partial charge in [-0.25, -0.2) is 0 Å². The summed E-state index contributed by atoms with van der Waals surface area (Å²) in [6, 6.07) is 6.42. The molecule has 2 saturated heterocycles. The van der Waals surface area contributed by atoms with Gasteiger partial charge in [-0.1, -0.05) is 12.1 Å². The van der Waals surface area contributed by atoms with Gasteiger partial charge in [0.05, 0.1) is 24.2 Å². The van der Waals surface area contributed by atoms with E-state index in [1.54, 1.807) is 25.3 Å². The van der Waals surface area contributed by atoms with E-state index in [1.165, 1.54) is 6.07 Å². The molecule has 2 aliphatic rings. The number of nitrogens with zero attached hydrogens (tertiary/aromatic N) is 1. The standard InChI is InChI=1S/C21H30N2O5/c1-27-13-15-5-4-9-23(10-8-15)21(26)16-11-17(28-14-16)12-22-20(25)18-6-2-3-7-19(18)24/h2-3,6-7,15-17,24H,4-5,8-14H2,1H3,(H,22,25)/t15?,16-,17-/m0/s1. The Bertz CT molecular complexity index is 681. The molecule has 0 saturated carbocycles. The molecule has 28 heavy (non-hydrogen) atoms. The first-order chi connectivity index (χ1) is 13.6. The average Bonchev–Trinajstić information content (AvgIpc) is 3.05. The van der Waals surface area contributed by atoms with E-state index in [9.17, 15) is 14.7 Å². The maximum atomic E-state index is 12.9. The van der Waals surface area contributed by atoms with Gasteiger partial charge in [0.1, 0.15) is 5.75 Å². The molecule has 0 aromatic heterocycles. The van der Waals surface area contributed by atoms with Crippen molar-refractivity contribution in [2.24, 2.45) is 11.8 Å². The van der Waals surface area contributed by atoms with E-state index < -0.39 is 0 Å². The average molecular weight is 390 g/mol. The van der Waals surface area contributed by atoms with Crippen molar-refractivity contribution in [3.05, 3.63) is 29.8 Å². The van der Waals surface area contributed by atoms with Crippen molar-refractivity contribution in [2.45, 2.75) is 31.8 Å². The molecule has 154 valence electrons. The molecule has 0 radical (unpaired) electrons. The van der Waals surface area contributed by atoms with E-state index in [0.29, 0.717) is 25.5 Å². The van der Waals surface area contributed by atoms with Crippen molar-refractivity contribution in [2.75, 3.05) is 40.0 Å². The summed E-state index contributed by atoms with van der Waals surface area (Å²) in [5.74, 6) is 0.153. The van der Waals surface area contributed by atoms with E-state index >= 15 is 0 Å². The van der Waals surface area contributed by atoms with Gasteiger partial charge in [0, 0.05) is 33.4 Å². The molecule has 2 aliphatic heterocycles. The zero-order valence-electron chi connectivity index (χ0n) is 16.4. The maximum absolute atomic E-state index is 12.9. The fourth-order valence-corrected chi connectivity index (χ4v) is 4.03. The van der Waals surface area contributed by atoms with Crippen LogP contribution in [0.4, 0.5) is 0 Å². The molecule has 2 fully saturated rings. The summed E-state index contributed by atoms with van der Waals surface area (Å²) in [6.45, 7) is 3.05. The lowest BCUT2D eigenvalue weighted by Gasteiger charge is -2.23. The van der Waals surface area contributed by atoms with Crippen LogP contribution in [0.2, 0.25) is 0 Å². The molecule has 2 N–H and O–H groups in total. The number of nitrogens with one attached hydrogen (secondary N) is 1. The van der Waals surface area contributed by atoms with Crippen molar-refractivity contribution >= 4 is 11.8 Å². The molecule has 2 heterocycles. The van der Waals surface area contributed by atoms with Gasteiger partial charge in [0.2, 0.25) is 5.91 Å². The second-order valence-electron chi connectivity index (χ2n) is 7.69. The van der Waals surface area contributed by atoms with Crippen LogP contribution in [0.25, 0.3) is 0 Å². The summed E-state index contributed by atoms with van der Waals surface area (Å²) in [5, 5.41) is 12.5. The molecule has 0 spiro atoms. The molecule has 7 heteroatoms. The minimum atomic E-state index is -0.340. The van der Waals surface area contributed by atoms with E-state index in [0.717, 1.165) is 39.0 Å². The van der Waals surface area contributed by atoms with Gasteiger partial charge in [0.15, 0.2) is 0 Å². The molecule has 1 aromatic rings. The van der Waals surface area contributed by atoms with E-state index in [2.05, 4.69) is 5.32 Å². The van der Waals surface area contributed by atoms with Crippen LogP contribution in [-0.4, -0.2) is 67.9 Å². The summed E-state index contributed by atoms with van der Waals surface area (Å²) in [5.41, 5.74) is 0.239. The largest absolute Gasteiger partial charge is 0.507 e. The number of likely N-dealkylation sites (tertiary alicyclic amines) is 1. The Kier molecular flexibility index (Phi) is 7.28. The van der Waals surface area contributed by atoms with Gasteiger partial charge in [-0.3, -0.25) is 9.59 Å². The number of phenols is 1. The molecule has 1 aromatic carbocycles. The number of methoxy groups -OCH3 is 1. The first kappa shape index (κ1) is 20.6. The smallest absolute Gasteiger partial charge is 0.255 e. The number of phenolic OH excluding ortho intramolecular Hbond substituents is 1. The van der Waals surface area contributed by atoms with Crippen molar-refractivity contribution in [1.82, 2.24) is 10.2 Å². The number of rotatable bonds is 6. The van der Waals surface area contributed by atoms with Crippen LogP contribution in [0.5, 0.6) is 5.75 Å². The monoisotopic (exact) mass is 390 g/mol. The topological polar surface area (TPSA) is 88.1 Å².